The zero-order valence-electron chi connectivity index (χ0n) is 27.5. The third-order valence-corrected chi connectivity index (χ3v) is 13.4. The standard InChI is InChI=1S/C37H46N4O5S/c1-39-21-27-11-12-28(22-39)41(27)36(43)37(18-19-37)23-40-32-20-26(35(42)38-47(44,45)30-15-16-30)10-17-31(32)33(24-6-4-3-5-7-24)34(40)25-8-13-29(46-2)14-9-25/h8-10,13-14,17,20,24,27-28,30H,3-7,11-12,15-16,18-19,21-23H2,1-2H3,(H,38,42). The number of carbonyl (C=O) groups excluding carboxylic acids is 2. The topological polar surface area (TPSA) is 101 Å². The monoisotopic (exact) mass is 658 g/mol. The van der Waals surface area contributed by atoms with E-state index in [1.165, 1.54) is 24.8 Å². The molecule has 1 aromatic heterocycles. The molecule has 9 nitrogen and oxygen atoms in total. The van der Waals surface area contributed by atoms with Crippen LogP contribution in [0, 0.1) is 5.41 Å². The number of likely N-dealkylation sites (tertiary alicyclic amines) is 1. The smallest absolute Gasteiger partial charge is 0.264 e. The summed E-state index contributed by atoms with van der Waals surface area (Å²) in [6.45, 7) is 2.39. The van der Waals surface area contributed by atoms with Crippen LogP contribution in [0.5, 0.6) is 5.75 Å². The van der Waals surface area contributed by atoms with Crippen molar-refractivity contribution in [2.45, 2.75) is 100 Å². The van der Waals surface area contributed by atoms with Crippen molar-refractivity contribution in [1.82, 2.24) is 19.1 Å². The minimum atomic E-state index is -3.69. The highest BCUT2D eigenvalue weighted by Crippen LogP contribution is 2.53. The van der Waals surface area contributed by atoms with Crippen LogP contribution < -0.4 is 9.46 Å². The largest absolute Gasteiger partial charge is 0.497 e. The Bertz CT molecular complexity index is 1800. The molecular formula is C37H46N4O5S. The molecule has 5 aliphatic rings. The van der Waals surface area contributed by atoms with Gasteiger partial charge >= 0.3 is 0 Å². The predicted molar refractivity (Wildman–Crippen MR) is 182 cm³/mol. The lowest BCUT2D eigenvalue weighted by atomic mass is 9.81. The first-order valence-corrected chi connectivity index (χ1v) is 19.1. The van der Waals surface area contributed by atoms with E-state index in [9.17, 15) is 18.0 Å². The lowest BCUT2D eigenvalue weighted by Crippen LogP contribution is -2.56. The summed E-state index contributed by atoms with van der Waals surface area (Å²) in [5.41, 5.74) is 4.19. The molecule has 2 unspecified atom stereocenters. The number of carbonyl (C=O) groups is 2. The highest BCUT2D eigenvalue weighted by atomic mass is 32.2. The Morgan fingerprint density at radius 2 is 1.60 bits per heavy atom. The zero-order valence-corrected chi connectivity index (χ0v) is 28.4. The van der Waals surface area contributed by atoms with Crippen LogP contribution in [0.25, 0.3) is 22.2 Å². The van der Waals surface area contributed by atoms with E-state index in [-0.39, 0.29) is 18.0 Å². The van der Waals surface area contributed by atoms with Gasteiger partial charge in [-0.3, -0.25) is 9.59 Å². The number of rotatable bonds is 9. The highest BCUT2D eigenvalue weighted by Gasteiger charge is 2.56. The fourth-order valence-corrected chi connectivity index (χ4v) is 10.1. The average molecular weight is 659 g/mol. The molecule has 47 heavy (non-hydrogen) atoms. The number of ether oxygens (including phenoxy) is 1. The van der Waals surface area contributed by atoms with Gasteiger partial charge in [-0.25, -0.2) is 13.1 Å². The zero-order chi connectivity index (χ0) is 32.5. The van der Waals surface area contributed by atoms with Gasteiger partial charge in [0.15, 0.2) is 0 Å². The summed E-state index contributed by atoms with van der Waals surface area (Å²) in [4.78, 5) is 32.6. The maximum Gasteiger partial charge on any atom is 0.264 e. The number of hydrogen-bond donors (Lipinski definition) is 1. The molecule has 0 radical (unpaired) electrons. The molecule has 3 saturated carbocycles. The number of hydrogen-bond acceptors (Lipinski definition) is 6. The summed E-state index contributed by atoms with van der Waals surface area (Å²) in [5, 5.41) is 0.608. The molecule has 10 heteroatoms. The van der Waals surface area contributed by atoms with E-state index in [1.54, 1.807) is 13.2 Å². The lowest BCUT2D eigenvalue weighted by molar-refractivity contribution is -0.143. The molecule has 2 amide bonds. The van der Waals surface area contributed by atoms with Crippen LogP contribution in [-0.2, 0) is 21.4 Å². The predicted octanol–water partition coefficient (Wildman–Crippen LogP) is 5.67. The van der Waals surface area contributed by atoms with Crippen molar-refractivity contribution in [1.29, 1.82) is 0 Å². The van der Waals surface area contributed by atoms with Crippen LogP contribution in [0.2, 0.25) is 0 Å². The van der Waals surface area contributed by atoms with Gasteiger partial charge in [0.2, 0.25) is 15.9 Å². The van der Waals surface area contributed by atoms with Crippen molar-refractivity contribution in [3.8, 4) is 17.0 Å². The number of methoxy groups -OCH3 is 1. The van der Waals surface area contributed by atoms with Crippen LogP contribution in [0.3, 0.4) is 0 Å². The maximum atomic E-state index is 14.6. The number of amides is 2. The second kappa shape index (κ2) is 11.7. The second-order valence-corrected chi connectivity index (χ2v) is 16.9. The van der Waals surface area contributed by atoms with Gasteiger partial charge in [0.25, 0.3) is 5.91 Å². The molecule has 2 bridgehead atoms. The Morgan fingerprint density at radius 3 is 2.21 bits per heavy atom. The fraction of sp³-hybridized carbons (Fsp3) is 0.568. The Balaban J connectivity index is 1.26. The van der Waals surface area contributed by atoms with Crippen LogP contribution in [0.1, 0.15) is 92.5 Å². The molecule has 3 heterocycles. The number of piperazine rings is 1. The first-order valence-electron chi connectivity index (χ1n) is 17.6. The van der Waals surface area contributed by atoms with Gasteiger partial charge in [0.1, 0.15) is 5.75 Å². The second-order valence-electron chi connectivity index (χ2n) is 14.9. The van der Waals surface area contributed by atoms with E-state index in [4.69, 9.17) is 4.74 Å². The van der Waals surface area contributed by atoms with Crippen molar-refractivity contribution in [3.63, 3.8) is 0 Å². The minimum Gasteiger partial charge on any atom is -0.497 e. The van der Waals surface area contributed by atoms with Crippen molar-refractivity contribution in [2.24, 2.45) is 5.41 Å². The normalized spacial score (nSPS) is 24.4. The molecule has 2 atom stereocenters. The van der Waals surface area contributed by atoms with E-state index in [0.717, 1.165) is 79.5 Å². The molecule has 8 rings (SSSR count). The third-order valence-electron chi connectivity index (χ3n) is 11.6. The third kappa shape index (κ3) is 5.55. The van der Waals surface area contributed by atoms with Gasteiger partial charge in [-0.1, -0.05) is 25.3 Å². The number of benzene rings is 2. The van der Waals surface area contributed by atoms with Gasteiger partial charge in [-0.2, -0.15) is 0 Å². The summed E-state index contributed by atoms with van der Waals surface area (Å²) < 4.78 is 35.6. The summed E-state index contributed by atoms with van der Waals surface area (Å²) in [6.07, 6.45) is 10.8. The van der Waals surface area contributed by atoms with Crippen molar-refractivity contribution < 1.29 is 22.7 Å². The van der Waals surface area contributed by atoms with E-state index in [1.807, 2.05) is 24.3 Å². The molecule has 2 aliphatic heterocycles. The Labute approximate surface area is 277 Å². The quantitative estimate of drug-likeness (QED) is 0.318. The fourth-order valence-electron chi connectivity index (χ4n) is 8.81. The number of nitrogens with zero attached hydrogens (tertiary/aromatic N) is 3. The average Bonchev–Trinajstić information content (AvgIpc) is 4.00. The first-order chi connectivity index (χ1) is 22.7. The maximum absolute atomic E-state index is 14.6. The van der Waals surface area contributed by atoms with Gasteiger partial charge in [0.05, 0.1) is 23.5 Å². The summed E-state index contributed by atoms with van der Waals surface area (Å²) in [7, 11) is 0.136. The van der Waals surface area contributed by atoms with E-state index < -0.39 is 26.6 Å². The molecule has 3 aromatic rings. The van der Waals surface area contributed by atoms with Crippen LogP contribution in [0.4, 0.5) is 0 Å². The van der Waals surface area contributed by atoms with Crippen molar-refractivity contribution in [3.05, 3.63) is 53.6 Å². The SMILES string of the molecule is COc1ccc(-c2c(C3CCCCC3)c3ccc(C(=O)NS(=O)(=O)C4CC4)cc3n2CC2(C(=O)N3C4CCC3CN(C)C4)CC2)cc1. The lowest BCUT2D eigenvalue weighted by Gasteiger charge is -2.41. The van der Waals surface area contributed by atoms with Gasteiger partial charge < -0.3 is 19.1 Å². The molecule has 5 fully saturated rings. The summed E-state index contributed by atoms with van der Waals surface area (Å²) in [5.74, 6) is 0.831. The molecule has 2 saturated heterocycles. The van der Waals surface area contributed by atoms with Gasteiger partial charge in [-0.15, -0.1) is 0 Å². The molecule has 3 aliphatic carbocycles. The molecule has 250 valence electrons. The highest BCUT2D eigenvalue weighted by molar-refractivity contribution is 7.91. The van der Waals surface area contributed by atoms with Crippen LogP contribution >= 0.6 is 0 Å². The van der Waals surface area contributed by atoms with Crippen LogP contribution in [0.15, 0.2) is 42.5 Å². The Morgan fingerprint density at radius 1 is 0.915 bits per heavy atom. The number of sulfonamides is 1. The van der Waals surface area contributed by atoms with Crippen molar-refractivity contribution in [2.75, 3.05) is 27.2 Å². The first kappa shape index (κ1) is 30.9. The summed E-state index contributed by atoms with van der Waals surface area (Å²) in [6, 6.07) is 14.4. The number of aromatic nitrogens is 1. The molecule has 0 spiro atoms. The molecule has 2 aromatic carbocycles. The number of fused-ring (bicyclic) bond motifs is 3. The minimum absolute atomic E-state index is 0.271. The molecule has 1 N–H and O–H groups in total. The number of likely N-dealkylation sites (N-methyl/N-ethyl adjacent to an activating group) is 1. The Hall–Kier alpha value is -3.37. The van der Waals surface area contributed by atoms with E-state index >= 15 is 0 Å². The van der Waals surface area contributed by atoms with Gasteiger partial charge in [-0.05, 0) is 112 Å². The molecular weight excluding hydrogens is 612 g/mol. The number of nitrogens with one attached hydrogen (secondary N) is 1. The summed E-state index contributed by atoms with van der Waals surface area (Å²) >= 11 is 0. The van der Waals surface area contributed by atoms with E-state index in [0.29, 0.717) is 30.9 Å². The van der Waals surface area contributed by atoms with Crippen LogP contribution in [-0.4, -0.2) is 79.2 Å². The van der Waals surface area contributed by atoms with Crippen molar-refractivity contribution >= 4 is 32.7 Å². The Kier molecular flexibility index (Phi) is 7.67. The van der Waals surface area contributed by atoms with E-state index in [2.05, 4.69) is 38.3 Å². The van der Waals surface area contributed by atoms with Gasteiger partial charge in [0, 0.05) is 48.2 Å².